The molecule has 16 heavy (non-hydrogen) atoms. The molecule has 1 heterocycles. The lowest BCUT2D eigenvalue weighted by molar-refractivity contribution is 0.141. The van der Waals surface area contributed by atoms with Gasteiger partial charge in [-0.3, -0.25) is 0 Å². The van der Waals surface area contributed by atoms with Gasteiger partial charge in [0.15, 0.2) is 0 Å². The van der Waals surface area contributed by atoms with Crippen molar-refractivity contribution in [3.63, 3.8) is 0 Å². The molecule has 1 aliphatic rings. The van der Waals surface area contributed by atoms with E-state index >= 15 is 0 Å². The second-order valence-electron chi connectivity index (χ2n) is 5.04. The summed E-state index contributed by atoms with van der Waals surface area (Å²) in [5.41, 5.74) is 4.34. The Labute approximate surface area is 98.8 Å². The van der Waals surface area contributed by atoms with Crippen molar-refractivity contribution in [1.82, 2.24) is 0 Å². The third-order valence-electron chi connectivity index (χ3n) is 3.58. The summed E-state index contributed by atoms with van der Waals surface area (Å²) in [5.74, 6) is 0.823. The van der Waals surface area contributed by atoms with Crippen LogP contribution in [0.1, 0.15) is 36.0 Å². The molecule has 1 aromatic rings. The molecule has 0 radical (unpaired) electrons. The van der Waals surface area contributed by atoms with Gasteiger partial charge in [0.2, 0.25) is 0 Å². The molecule has 0 aromatic heterocycles. The lowest BCUT2D eigenvalue weighted by atomic mass is 9.90. The van der Waals surface area contributed by atoms with Crippen LogP contribution >= 0.6 is 0 Å². The zero-order chi connectivity index (χ0) is 11.4. The van der Waals surface area contributed by atoms with Crippen molar-refractivity contribution in [3.8, 4) is 0 Å². The maximum absolute atomic E-state index is 5.51. The van der Waals surface area contributed by atoms with Crippen LogP contribution in [-0.2, 0) is 11.2 Å². The van der Waals surface area contributed by atoms with Gasteiger partial charge in [0.25, 0.3) is 0 Å². The third kappa shape index (κ3) is 3.08. The van der Waals surface area contributed by atoms with Crippen molar-refractivity contribution in [2.45, 2.75) is 39.5 Å². The van der Waals surface area contributed by atoms with Crippen molar-refractivity contribution in [2.24, 2.45) is 5.92 Å². The topological polar surface area (TPSA) is 9.23 Å². The van der Waals surface area contributed by atoms with E-state index in [-0.39, 0.29) is 0 Å². The molecule has 1 aromatic carbocycles. The number of ether oxygens (including phenoxy) is 1. The van der Waals surface area contributed by atoms with Crippen molar-refractivity contribution in [1.29, 1.82) is 0 Å². The molecule has 88 valence electrons. The highest BCUT2D eigenvalue weighted by atomic mass is 16.5. The summed E-state index contributed by atoms with van der Waals surface area (Å²) in [6.45, 7) is 6.31. The molecule has 2 rings (SSSR count). The van der Waals surface area contributed by atoms with Crippen LogP contribution in [0, 0.1) is 19.8 Å². The van der Waals surface area contributed by atoms with E-state index in [1.54, 1.807) is 0 Å². The standard InChI is InChI=1S/C15H22O/c1-12-5-6-15(13(2)10-12)11-14-4-3-8-16-9-7-14/h5-6,10,14H,3-4,7-9,11H2,1-2H3. The lowest BCUT2D eigenvalue weighted by Gasteiger charge is -2.15. The molecular weight excluding hydrogens is 196 g/mol. The SMILES string of the molecule is Cc1ccc(CC2CCCOCC2)c(C)c1. The molecule has 1 heteroatoms. The van der Waals surface area contributed by atoms with Gasteiger partial charge in [0.1, 0.15) is 0 Å². The summed E-state index contributed by atoms with van der Waals surface area (Å²) < 4.78 is 5.51. The maximum atomic E-state index is 5.51. The van der Waals surface area contributed by atoms with Gasteiger partial charge in [-0.1, -0.05) is 23.8 Å². The first kappa shape index (κ1) is 11.7. The molecule has 0 amide bonds. The molecule has 1 fully saturated rings. The molecule has 0 saturated carbocycles. The Morgan fingerprint density at radius 2 is 2.06 bits per heavy atom. The van der Waals surface area contributed by atoms with Crippen molar-refractivity contribution in [3.05, 3.63) is 34.9 Å². The Kier molecular flexibility index (Phi) is 4.00. The fourth-order valence-electron chi connectivity index (χ4n) is 2.56. The molecule has 1 atom stereocenters. The highest BCUT2D eigenvalue weighted by Gasteiger charge is 2.13. The molecule has 0 bridgehead atoms. The maximum Gasteiger partial charge on any atom is 0.0468 e. The van der Waals surface area contributed by atoms with E-state index in [0.717, 1.165) is 19.1 Å². The van der Waals surface area contributed by atoms with E-state index in [9.17, 15) is 0 Å². The van der Waals surface area contributed by atoms with Crippen LogP contribution in [0.3, 0.4) is 0 Å². The summed E-state index contributed by atoms with van der Waals surface area (Å²) in [4.78, 5) is 0. The Morgan fingerprint density at radius 1 is 1.19 bits per heavy atom. The van der Waals surface area contributed by atoms with Crippen molar-refractivity contribution in [2.75, 3.05) is 13.2 Å². The van der Waals surface area contributed by atoms with E-state index in [2.05, 4.69) is 32.0 Å². The lowest BCUT2D eigenvalue weighted by Crippen LogP contribution is -2.06. The zero-order valence-corrected chi connectivity index (χ0v) is 10.5. The Morgan fingerprint density at radius 3 is 2.88 bits per heavy atom. The van der Waals surface area contributed by atoms with Gasteiger partial charge in [-0.25, -0.2) is 0 Å². The summed E-state index contributed by atoms with van der Waals surface area (Å²) in [6, 6.07) is 6.83. The number of hydrogen-bond donors (Lipinski definition) is 0. The van der Waals surface area contributed by atoms with Crippen LogP contribution in [0.2, 0.25) is 0 Å². The molecule has 0 spiro atoms. The number of hydrogen-bond acceptors (Lipinski definition) is 1. The Bertz CT molecular complexity index is 335. The molecule has 1 saturated heterocycles. The van der Waals surface area contributed by atoms with Crippen molar-refractivity contribution < 1.29 is 4.74 Å². The van der Waals surface area contributed by atoms with Gasteiger partial charge in [0, 0.05) is 13.2 Å². The number of aryl methyl sites for hydroxylation is 2. The monoisotopic (exact) mass is 218 g/mol. The van der Waals surface area contributed by atoms with Crippen LogP contribution in [0.5, 0.6) is 0 Å². The highest BCUT2D eigenvalue weighted by Crippen LogP contribution is 2.22. The van der Waals surface area contributed by atoms with Gasteiger partial charge in [-0.05, 0) is 56.6 Å². The van der Waals surface area contributed by atoms with Gasteiger partial charge >= 0.3 is 0 Å². The van der Waals surface area contributed by atoms with E-state index in [4.69, 9.17) is 4.74 Å². The summed E-state index contributed by atoms with van der Waals surface area (Å²) >= 11 is 0. The van der Waals surface area contributed by atoms with Crippen LogP contribution in [-0.4, -0.2) is 13.2 Å². The zero-order valence-electron chi connectivity index (χ0n) is 10.5. The molecule has 0 aliphatic carbocycles. The molecule has 1 nitrogen and oxygen atoms in total. The third-order valence-corrected chi connectivity index (χ3v) is 3.58. The van der Waals surface area contributed by atoms with Crippen molar-refractivity contribution >= 4 is 0 Å². The first-order valence-electron chi connectivity index (χ1n) is 6.39. The second-order valence-corrected chi connectivity index (χ2v) is 5.04. The van der Waals surface area contributed by atoms with E-state index in [0.29, 0.717) is 0 Å². The Hall–Kier alpha value is -0.820. The van der Waals surface area contributed by atoms with Crippen LogP contribution in [0.15, 0.2) is 18.2 Å². The largest absolute Gasteiger partial charge is 0.381 e. The van der Waals surface area contributed by atoms with E-state index in [1.165, 1.54) is 42.4 Å². The van der Waals surface area contributed by atoms with Gasteiger partial charge in [-0.2, -0.15) is 0 Å². The number of benzene rings is 1. The summed E-state index contributed by atoms with van der Waals surface area (Å²) in [5, 5.41) is 0. The van der Waals surface area contributed by atoms with E-state index < -0.39 is 0 Å². The van der Waals surface area contributed by atoms with Gasteiger partial charge in [-0.15, -0.1) is 0 Å². The van der Waals surface area contributed by atoms with Gasteiger partial charge < -0.3 is 4.74 Å². The quantitative estimate of drug-likeness (QED) is 0.736. The highest BCUT2D eigenvalue weighted by molar-refractivity contribution is 5.30. The smallest absolute Gasteiger partial charge is 0.0468 e. The Balaban J connectivity index is 2.01. The van der Waals surface area contributed by atoms with Gasteiger partial charge in [0.05, 0.1) is 0 Å². The average molecular weight is 218 g/mol. The minimum absolute atomic E-state index is 0.823. The fourth-order valence-corrected chi connectivity index (χ4v) is 2.56. The first-order valence-corrected chi connectivity index (χ1v) is 6.39. The molecule has 1 unspecified atom stereocenters. The van der Waals surface area contributed by atoms with E-state index in [1.807, 2.05) is 0 Å². The first-order chi connectivity index (χ1) is 7.75. The normalized spacial score (nSPS) is 21.8. The number of rotatable bonds is 2. The molecule has 1 aliphatic heterocycles. The predicted molar refractivity (Wildman–Crippen MR) is 67.8 cm³/mol. The summed E-state index contributed by atoms with van der Waals surface area (Å²) in [6.07, 6.45) is 5.02. The average Bonchev–Trinajstić information content (AvgIpc) is 2.51. The molecular formula is C15H22O. The fraction of sp³-hybridized carbons (Fsp3) is 0.600. The summed E-state index contributed by atoms with van der Waals surface area (Å²) in [7, 11) is 0. The van der Waals surface area contributed by atoms with Crippen LogP contribution < -0.4 is 0 Å². The minimum atomic E-state index is 0.823. The van der Waals surface area contributed by atoms with Crippen LogP contribution in [0.25, 0.3) is 0 Å². The molecule has 0 N–H and O–H groups in total. The second kappa shape index (κ2) is 5.49. The van der Waals surface area contributed by atoms with Crippen LogP contribution in [0.4, 0.5) is 0 Å². The predicted octanol–water partition coefficient (Wildman–Crippen LogP) is 3.66. The minimum Gasteiger partial charge on any atom is -0.381 e.